The van der Waals surface area contributed by atoms with Gasteiger partial charge in [0.05, 0.1) is 0 Å². The van der Waals surface area contributed by atoms with Crippen LogP contribution in [0.2, 0.25) is 0 Å². The number of halogens is 1. The minimum Gasteiger partial charge on any atom is -0.313 e. The van der Waals surface area contributed by atoms with Crippen LogP contribution in [0.25, 0.3) is 0 Å². The topological polar surface area (TPSA) is 37.8 Å². The molecule has 1 heterocycles. The molecule has 0 aliphatic heterocycles. The van der Waals surface area contributed by atoms with Gasteiger partial charge in [0.25, 0.3) is 0 Å². The van der Waals surface area contributed by atoms with Gasteiger partial charge in [-0.3, -0.25) is 0 Å². The Morgan fingerprint density at radius 2 is 2.21 bits per heavy atom. The van der Waals surface area contributed by atoms with Crippen molar-refractivity contribution in [1.82, 2.24) is 15.3 Å². The normalized spacial score (nSPS) is 10.6. The molecule has 5 heteroatoms. The molecule has 1 N–H and O–H groups in total. The van der Waals surface area contributed by atoms with E-state index in [2.05, 4.69) is 56.3 Å². The van der Waals surface area contributed by atoms with Gasteiger partial charge in [0.1, 0.15) is 11.4 Å². The second-order valence-corrected chi connectivity index (χ2v) is 6.03. The Bertz CT molecular complexity index is 519. The first kappa shape index (κ1) is 14.5. The Morgan fingerprint density at radius 1 is 1.32 bits per heavy atom. The molecule has 0 fully saturated rings. The monoisotopic (exact) mass is 337 g/mol. The molecule has 1 aromatic carbocycles. The molecule has 0 radical (unpaired) electrons. The molecular formula is C14H16BrN3S. The van der Waals surface area contributed by atoms with Crippen molar-refractivity contribution in [3.05, 3.63) is 46.8 Å². The summed E-state index contributed by atoms with van der Waals surface area (Å²) in [5.41, 5.74) is 1.28. The van der Waals surface area contributed by atoms with Crippen LogP contribution in [0.1, 0.15) is 18.9 Å². The molecular weight excluding hydrogens is 322 g/mol. The van der Waals surface area contributed by atoms with Gasteiger partial charge in [0, 0.05) is 22.1 Å². The fraction of sp³-hybridized carbons (Fsp3) is 0.286. The molecule has 2 rings (SSSR count). The number of benzene rings is 1. The van der Waals surface area contributed by atoms with E-state index in [0.717, 1.165) is 29.0 Å². The molecule has 1 aromatic heterocycles. The summed E-state index contributed by atoms with van der Waals surface area (Å²) in [6.07, 6.45) is 4.48. The minimum atomic E-state index is 0.896. The molecule has 2 aromatic rings. The van der Waals surface area contributed by atoms with Gasteiger partial charge in [-0.05, 0) is 36.7 Å². The van der Waals surface area contributed by atoms with Gasteiger partial charge in [-0.2, -0.15) is 0 Å². The Morgan fingerprint density at radius 3 is 2.89 bits per heavy atom. The SMILES string of the molecule is CCCNCc1ccc(Sc2ccncn2)cc1Br. The van der Waals surface area contributed by atoms with E-state index in [1.165, 1.54) is 10.5 Å². The summed E-state index contributed by atoms with van der Waals surface area (Å²) in [6, 6.07) is 8.32. The van der Waals surface area contributed by atoms with E-state index in [1.54, 1.807) is 24.3 Å². The van der Waals surface area contributed by atoms with Crippen LogP contribution in [-0.2, 0) is 6.54 Å². The zero-order valence-electron chi connectivity index (χ0n) is 10.8. The van der Waals surface area contributed by atoms with Crippen LogP contribution in [0, 0.1) is 0 Å². The van der Waals surface area contributed by atoms with Crippen molar-refractivity contribution >= 4 is 27.7 Å². The van der Waals surface area contributed by atoms with Gasteiger partial charge in [-0.25, -0.2) is 9.97 Å². The number of nitrogens with one attached hydrogen (secondary N) is 1. The largest absolute Gasteiger partial charge is 0.313 e. The lowest BCUT2D eigenvalue weighted by Gasteiger charge is -2.08. The predicted molar refractivity (Wildman–Crippen MR) is 82.3 cm³/mol. The minimum absolute atomic E-state index is 0.896. The molecule has 0 aliphatic carbocycles. The second-order valence-electron chi connectivity index (χ2n) is 4.08. The first-order chi connectivity index (χ1) is 9.29. The van der Waals surface area contributed by atoms with Gasteiger partial charge in [0.15, 0.2) is 0 Å². The molecule has 0 atom stereocenters. The van der Waals surface area contributed by atoms with Crippen LogP contribution in [0.4, 0.5) is 0 Å². The van der Waals surface area contributed by atoms with E-state index in [9.17, 15) is 0 Å². The van der Waals surface area contributed by atoms with Crippen LogP contribution in [-0.4, -0.2) is 16.5 Å². The van der Waals surface area contributed by atoms with Crippen molar-refractivity contribution in [3.63, 3.8) is 0 Å². The van der Waals surface area contributed by atoms with Crippen LogP contribution in [0.3, 0.4) is 0 Å². The van der Waals surface area contributed by atoms with E-state index in [1.807, 2.05) is 6.07 Å². The Balaban J connectivity index is 2.02. The molecule has 0 amide bonds. The van der Waals surface area contributed by atoms with Crippen molar-refractivity contribution in [2.45, 2.75) is 29.8 Å². The summed E-state index contributed by atoms with van der Waals surface area (Å²) in [7, 11) is 0. The summed E-state index contributed by atoms with van der Waals surface area (Å²) >= 11 is 5.26. The average molecular weight is 338 g/mol. The van der Waals surface area contributed by atoms with Gasteiger partial charge >= 0.3 is 0 Å². The van der Waals surface area contributed by atoms with Crippen molar-refractivity contribution in [1.29, 1.82) is 0 Å². The van der Waals surface area contributed by atoms with E-state index in [0.29, 0.717) is 0 Å². The highest BCUT2D eigenvalue weighted by molar-refractivity contribution is 9.10. The Kier molecular flexibility index (Phi) is 5.82. The number of hydrogen-bond acceptors (Lipinski definition) is 4. The average Bonchev–Trinajstić information content (AvgIpc) is 2.43. The summed E-state index contributed by atoms with van der Waals surface area (Å²) in [5.74, 6) is 0. The predicted octanol–water partition coefficient (Wildman–Crippen LogP) is 3.89. The molecule has 100 valence electrons. The van der Waals surface area contributed by atoms with E-state index in [4.69, 9.17) is 0 Å². The third kappa shape index (κ3) is 4.60. The molecule has 0 unspecified atom stereocenters. The molecule has 0 bridgehead atoms. The highest BCUT2D eigenvalue weighted by Gasteiger charge is 2.03. The van der Waals surface area contributed by atoms with Gasteiger partial charge < -0.3 is 5.32 Å². The van der Waals surface area contributed by atoms with Crippen LogP contribution in [0.15, 0.2) is 51.2 Å². The molecule has 0 spiro atoms. The van der Waals surface area contributed by atoms with Crippen molar-refractivity contribution < 1.29 is 0 Å². The lowest BCUT2D eigenvalue weighted by Crippen LogP contribution is -2.14. The maximum Gasteiger partial charge on any atom is 0.116 e. The van der Waals surface area contributed by atoms with Gasteiger partial charge in [0.2, 0.25) is 0 Å². The van der Waals surface area contributed by atoms with Crippen LogP contribution >= 0.6 is 27.7 Å². The van der Waals surface area contributed by atoms with Crippen LogP contribution < -0.4 is 5.32 Å². The molecule has 0 saturated heterocycles. The first-order valence-electron chi connectivity index (χ1n) is 6.22. The fourth-order valence-electron chi connectivity index (χ4n) is 1.59. The lowest BCUT2D eigenvalue weighted by molar-refractivity contribution is 0.673. The summed E-state index contributed by atoms with van der Waals surface area (Å²) in [4.78, 5) is 9.30. The van der Waals surface area contributed by atoms with Gasteiger partial charge in [-0.15, -0.1) is 0 Å². The number of nitrogens with zero attached hydrogens (tertiary/aromatic N) is 2. The third-order valence-corrected chi connectivity index (χ3v) is 4.22. The van der Waals surface area contributed by atoms with Crippen molar-refractivity contribution in [3.8, 4) is 0 Å². The summed E-state index contributed by atoms with van der Waals surface area (Å²) in [6.45, 7) is 4.11. The second kappa shape index (κ2) is 7.62. The summed E-state index contributed by atoms with van der Waals surface area (Å²) < 4.78 is 1.13. The molecule has 3 nitrogen and oxygen atoms in total. The maximum absolute atomic E-state index is 4.21. The zero-order chi connectivity index (χ0) is 13.5. The summed E-state index contributed by atoms with van der Waals surface area (Å²) in [5, 5.41) is 4.36. The third-order valence-electron chi connectivity index (χ3n) is 2.54. The molecule has 0 aliphatic rings. The molecule has 0 saturated carbocycles. The van der Waals surface area contributed by atoms with E-state index < -0.39 is 0 Å². The van der Waals surface area contributed by atoms with Crippen LogP contribution in [0.5, 0.6) is 0 Å². The van der Waals surface area contributed by atoms with E-state index in [-0.39, 0.29) is 0 Å². The quantitative estimate of drug-likeness (QED) is 0.641. The van der Waals surface area contributed by atoms with Crippen molar-refractivity contribution in [2.24, 2.45) is 0 Å². The lowest BCUT2D eigenvalue weighted by atomic mass is 10.2. The van der Waals surface area contributed by atoms with E-state index >= 15 is 0 Å². The van der Waals surface area contributed by atoms with Gasteiger partial charge in [-0.1, -0.05) is 40.7 Å². The highest BCUT2D eigenvalue weighted by Crippen LogP contribution is 2.29. The zero-order valence-corrected chi connectivity index (χ0v) is 13.2. The first-order valence-corrected chi connectivity index (χ1v) is 7.83. The smallest absolute Gasteiger partial charge is 0.116 e. The highest BCUT2D eigenvalue weighted by atomic mass is 79.9. The maximum atomic E-state index is 4.21. The number of aromatic nitrogens is 2. The Labute approximate surface area is 126 Å². The van der Waals surface area contributed by atoms with Crippen molar-refractivity contribution in [2.75, 3.05) is 6.54 Å². The Hall–Kier alpha value is -0.910. The molecule has 19 heavy (non-hydrogen) atoms. The number of rotatable bonds is 6. The fourth-order valence-corrected chi connectivity index (χ4v) is 3.05. The number of hydrogen-bond donors (Lipinski definition) is 1. The standard InChI is InChI=1S/C14H16BrN3S/c1-2-6-16-9-11-3-4-12(8-13(11)15)19-14-5-7-17-10-18-14/h3-5,7-8,10,16H,2,6,9H2,1H3.